The van der Waals surface area contributed by atoms with E-state index >= 15 is 0 Å². The fourth-order valence-electron chi connectivity index (χ4n) is 2.84. The number of hydrogen-bond donors (Lipinski definition) is 0. The Kier molecular flexibility index (Phi) is 7.51. The minimum absolute atomic E-state index is 0.0847. The van der Waals surface area contributed by atoms with E-state index in [1.807, 2.05) is 38.1 Å². The Bertz CT molecular complexity index is 1160. The molecule has 0 fully saturated rings. The van der Waals surface area contributed by atoms with Crippen molar-refractivity contribution in [3.8, 4) is 11.5 Å². The number of benzene rings is 2. The summed E-state index contributed by atoms with van der Waals surface area (Å²) in [4.78, 5) is 17.4. The molecule has 0 aliphatic rings. The van der Waals surface area contributed by atoms with Crippen LogP contribution in [0.3, 0.4) is 0 Å². The van der Waals surface area contributed by atoms with Gasteiger partial charge in [-0.3, -0.25) is 4.79 Å². The Labute approximate surface area is 197 Å². The molecule has 0 radical (unpaired) electrons. The highest BCUT2D eigenvalue weighted by Crippen LogP contribution is 2.35. The van der Waals surface area contributed by atoms with Crippen molar-refractivity contribution in [1.29, 1.82) is 0 Å². The predicted molar refractivity (Wildman–Crippen MR) is 132 cm³/mol. The van der Waals surface area contributed by atoms with E-state index in [9.17, 15) is 4.79 Å². The molecule has 0 saturated heterocycles. The van der Waals surface area contributed by atoms with E-state index in [1.54, 1.807) is 19.2 Å². The molecule has 0 unspecified atom stereocenters. The number of ether oxygens (including phenoxy) is 2. The third-order valence-corrected chi connectivity index (χ3v) is 5.81. The molecule has 0 amide bonds. The van der Waals surface area contributed by atoms with Crippen molar-refractivity contribution in [3.63, 3.8) is 0 Å². The fraction of sp³-hybridized carbons (Fsp3) is 0.318. The smallest absolute Gasteiger partial charge is 0.282 e. The maximum Gasteiger partial charge on any atom is 0.282 e. The SMILES string of the molecule is CCOc1cc(C=Nn2c(C)nc3ccc(Br)cc3c2=O)cc(I)c1O[C@@H](C)CC. The van der Waals surface area contributed by atoms with Crippen LogP contribution in [0.15, 0.2) is 44.7 Å². The minimum Gasteiger partial charge on any atom is -0.490 e. The van der Waals surface area contributed by atoms with Crippen LogP contribution in [0.25, 0.3) is 10.9 Å². The lowest BCUT2D eigenvalue weighted by Crippen LogP contribution is -2.20. The molecular formula is C22H23BrIN3O3. The fourth-order valence-corrected chi connectivity index (χ4v) is 3.96. The normalized spacial score (nSPS) is 12.5. The Morgan fingerprint density at radius 1 is 1.30 bits per heavy atom. The van der Waals surface area contributed by atoms with Crippen molar-refractivity contribution in [1.82, 2.24) is 9.66 Å². The van der Waals surface area contributed by atoms with E-state index < -0.39 is 0 Å². The van der Waals surface area contributed by atoms with Gasteiger partial charge in [0, 0.05) is 4.47 Å². The highest BCUT2D eigenvalue weighted by molar-refractivity contribution is 14.1. The summed E-state index contributed by atoms with van der Waals surface area (Å²) in [5.74, 6) is 1.91. The number of aryl methyl sites for hydroxylation is 1. The molecule has 0 aliphatic heterocycles. The second kappa shape index (κ2) is 9.91. The molecule has 0 N–H and O–H groups in total. The molecular weight excluding hydrogens is 561 g/mol. The van der Waals surface area contributed by atoms with Gasteiger partial charge in [-0.1, -0.05) is 22.9 Å². The molecule has 1 heterocycles. The van der Waals surface area contributed by atoms with Crippen molar-refractivity contribution in [3.05, 3.63) is 60.1 Å². The van der Waals surface area contributed by atoms with Crippen LogP contribution in [0.4, 0.5) is 0 Å². The molecule has 6 nitrogen and oxygen atoms in total. The van der Waals surface area contributed by atoms with Gasteiger partial charge in [-0.25, -0.2) is 4.98 Å². The molecule has 8 heteroatoms. The zero-order valence-corrected chi connectivity index (χ0v) is 21.0. The summed E-state index contributed by atoms with van der Waals surface area (Å²) in [5.41, 5.74) is 1.23. The lowest BCUT2D eigenvalue weighted by Gasteiger charge is -2.18. The Balaban J connectivity index is 2.03. The number of nitrogens with zero attached hydrogens (tertiary/aromatic N) is 3. The second-order valence-electron chi connectivity index (χ2n) is 6.78. The summed E-state index contributed by atoms with van der Waals surface area (Å²) in [7, 11) is 0. The van der Waals surface area contributed by atoms with Gasteiger partial charge in [-0.15, -0.1) is 0 Å². The number of hydrogen-bond acceptors (Lipinski definition) is 5. The quantitative estimate of drug-likeness (QED) is 0.271. The first-order chi connectivity index (χ1) is 14.3. The number of aromatic nitrogens is 2. The standard InChI is InChI=1S/C22H23BrIN3O3/c1-5-13(3)30-21-18(24)9-15(10-20(21)29-6-2)12-25-27-14(4)26-19-8-7-16(23)11-17(19)22(27)28/h7-13H,5-6H2,1-4H3/t13-/m0/s1. The maximum absolute atomic E-state index is 12.9. The summed E-state index contributed by atoms with van der Waals surface area (Å²) in [6.07, 6.45) is 2.62. The van der Waals surface area contributed by atoms with E-state index in [2.05, 4.69) is 55.5 Å². The average molecular weight is 584 g/mol. The Morgan fingerprint density at radius 3 is 2.77 bits per heavy atom. The largest absolute Gasteiger partial charge is 0.490 e. The van der Waals surface area contributed by atoms with Crippen LogP contribution in [-0.2, 0) is 0 Å². The summed E-state index contributed by atoms with van der Waals surface area (Å²) >= 11 is 5.63. The van der Waals surface area contributed by atoms with Gasteiger partial charge in [0.15, 0.2) is 11.5 Å². The van der Waals surface area contributed by atoms with Crippen molar-refractivity contribution >= 4 is 55.6 Å². The molecule has 30 heavy (non-hydrogen) atoms. The zero-order valence-electron chi connectivity index (χ0n) is 17.3. The molecule has 3 rings (SSSR count). The number of halogens is 2. The maximum atomic E-state index is 12.9. The Morgan fingerprint density at radius 2 is 2.07 bits per heavy atom. The van der Waals surface area contributed by atoms with Gasteiger partial charge >= 0.3 is 0 Å². The molecule has 1 aromatic heterocycles. The monoisotopic (exact) mass is 583 g/mol. The van der Waals surface area contributed by atoms with E-state index in [-0.39, 0.29) is 11.7 Å². The van der Waals surface area contributed by atoms with Crippen LogP contribution >= 0.6 is 38.5 Å². The van der Waals surface area contributed by atoms with Gasteiger partial charge in [-0.2, -0.15) is 9.78 Å². The molecule has 0 spiro atoms. The van der Waals surface area contributed by atoms with Crippen LogP contribution in [0.5, 0.6) is 11.5 Å². The van der Waals surface area contributed by atoms with E-state index in [1.165, 1.54) is 4.68 Å². The summed E-state index contributed by atoms with van der Waals surface area (Å²) < 4.78 is 14.9. The van der Waals surface area contributed by atoms with Gasteiger partial charge in [0.2, 0.25) is 0 Å². The highest BCUT2D eigenvalue weighted by Gasteiger charge is 2.14. The molecule has 2 aromatic carbocycles. The van der Waals surface area contributed by atoms with Crippen molar-refractivity contribution in [2.24, 2.45) is 5.10 Å². The second-order valence-corrected chi connectivity index (χ2v) is 8.86. The first-order valence-corrected chi connectivity index (χ1v) is 11.6. The number of fused-ring (bicyclic) bond motifs is 1. The molecule has 1 atom stereocenters. The van der Waals surface area contributed by atoms with Crippen LogP contribution in [0.1, 0.15) is 38.6 Å². The average Bonchev–Trinajstić information content (AvgIpc) is 2.71. The predicted octanol–water partition coefficient (Wildman–Crippen LogP) is 5.53. The number of rotatable bonds is 7. The van der Waals surface area contributed by atoms with Gasteiger partial charge < -0.3 is 9.47 Å². The van der Waals surface area contributed by atoms with Crippen LogP contribution < -0.4 is 15.0 Å². The first-order valence-electron chi connectivity index (χ1n) is 9.70. The van der Waals surface area contributed by atoms with Crippen LogP contribution in [0, 0.1) is 10.5 Å². The van der Waals surface area contributed by atoms with Crippen LogP contribution in [-0.4, -0.2) is 28.6 Å². The van der Waals surface area contributed by atoms with E-state index in [0.717, 1.165) is 25.8 Å². The van der Waals surface area contributed by atoms with Gasteiger partial charge in [0.1, 0.15) is 5.82 Å². The lowest BCUT2D eigenvalue weighted by molar-refractivity contribution is 0.201. The third-order valence-electron chi connectivity index (χ3n) is 4.52. The lowest BCUT2D eigenvalue weighted by atomic mass is 10.2. The summed E-state index contributed by atoms with van der Waals surface area (Å²) in [6, 6.07) is 9.26. The zero-order chi connectivity index (χ0) is 21.8. The van der Waals surface area contributed by atoms with Crippen molar-refractivity contribution < 1.29 is 9.47 Å². The van der Waals surface area contributed by atoms with Crippen molar-refractivity contribution in [2.75, 3.05) is 6.61 Å². The molecule has 0 aliphatic carbocycles. The third kappa shape index (κ3) is 5.03. The van der Waals surface area contributed by atoms with E-state index in [4.69, 9.17) is 9.47 Å². The summed E-state index contributed by atoms with van der Waals surface area (Å²) in [6.45, 7) is 8.33. The topological polar surface area (TPSA) is 65.7 Å². The summed E-state index contributed by atoms with van der Waals surface area (Å²) in [5, 5.41) is 4.91. The van der Waals surface area contributed by atoms with Crippen LogP contribution in [0.2, 0.25) is 0 Å². The first kappa shape index (κ1) is 22.7. The van der Waals surface area contributed by atoms with Crippen molar-refractivity contribution in [2.45, 2.75) is 40.2 Å². The van der Waals surface area contributed by atoms with E-state index in [0.29, 0.717) is 29.1 Å². The molecule has 0 bridgehead atoms. The Hall–Kier alpha value is -1.94. The van der Waals surface area contributed by atoms with Gasteiger partial charge in [-0.05, 0) is 85.7 Å². The van der Waals surface area contributed by atoms with Gasteiger partial charge in [0.25, 0.3) is 5.56 Å². The minimum atomic E-state index is -0.216. The molecule has 158 valence electrons. The van der Waals surface area contributed by atoms with Gasteiger partial charge in [0.05, 0.1) is 33.4 Å². The highest BCUT2D eigenvalue weighted by atomic mass is 127. The molecule has 3 aromatic rings. The molecule has 0 saturated carbocycles.